The van der Waals surface area contributed by atoms with E-state index >= 15 is 0 Å². The zero-order chi connectivity index (χ0) is 21.4. The highest BCUT2D eigenvalue weighted by atomic mass is 16.5. The van der Waals surface area contributed by atoms with Crippen molar-refractivity contribution in [2.45, 2.75) is 18.9 Å². The third kappa shape index (κ3) is 3.91. The molecule has 5 rings (SSSR count). The molecule has 2 N–H and O–H groups in total. The molecule has 1 aliphatic heterocycles. The molecule has 158 valence electrons. The number of rotatable bonds is 6. The minimum absolute atomic E-state index is 0.0561. The summed E-state index contributed by atoms with van der Waals surface area (Å²) in [5, 5.41) is 20.3. The first-order valence-corrected chi connectivity index (χ1v) is 10.2. The highest BCUT2D eigenvalue weighted by molar-refractivity contribution is 5.94. The summed E-state index contributed by atoms with van der Waals surface area (Å²) in [6, 6.07) is 10.2. The van der Waals surface area contributed by atoms with Crippen LogP contribution < -0.4 is 5.32 Å². The number of benzene rings is 1. The standard InChI is InChI=1S/C22H21N5O4/c28-21(24-11-17-16-2-1-9-31-20(16)17)13-3-5-15(6-4-13)27-12-19(25-26-27)14-7-8-23-18(10-14)22(29)30/h3-8,10,12,16-17,20H,1-2,9,11H2,(H,24,28)(H,29,30)/t16-,17-,20-/m1/s1. The largest absolute Gasteiger partial charge is 0.477 e. The van der Waals surface area contributed by atoms with Gasteiger partial charge in [-0.2, -0.15) is 0 Å². The van der Waals surface area contributed by atoms with E-state index in [0.717, 1.165) is 18.7 Å². The summed E-state index contributed by atoms with van der Waals surface area (Å²) >= 11 is 0. The number of hydrogen-bond acceptors (Lipinski definition) is 6. The van der Waals surface area contributed by atoms with E-state index in [9.17, 15) is 9.59 Å². The second-order valence-electron chi connectivity index (χ2n) is 7.85. The van der Waals surface area contributed by atoms with E-state index < -0.39 is 5.97 Å². The number of fused-ring (bicyclic) bond motifs is 1. The second kappa shape index (κ2) is 7.92. The van der Waals surface area contributed by atoms with E-state index in [2.05, 4.69) is 20.6 Å². The molecule has 3 atom stereocenters. The van der Waals surface area contributed by atoms with E-state index in [-0.39, 0.29) is 11.6 Å². The van der Waals surface area contributed by atoms with Gasteiger partial charge in [-0.05, 0) is 55.2 Å². The van der Waals surface area contributed by atoms with Crippen LogP contribution in [-0.4, -0.2) is 56.2 Å². The molecule has 31 heavy (non-hydrogen) atoms. The van der Waals surface area contributed by atoms with Crippen molar-refractivity contribution in [3.05, 3.63) is 60.0 Å². The summed E-state index contributed by atoms with van der Waals surface area (Å²) in [6.45, 7) is 1.48. The van der Waals surface area contributed by atoms with Crippen LogP contribution in [0.4, 0.5) is 0 Å². The number of carbonyl (C=O) groups excluding carboxylic acids is 1. The van der Waals surface area contributed by atoms with Crippen molar-refractivity contribution in [2.75, 3.05) is 13.2 Å². The lowest BCUT2D eigenvalue weighted by Crippen LogP contribution is -2.26. The Labute approximate surface area is 178 Å². The smallest absolute Gasteiger partial charge is 0.354 e. The van der Waals surface area contributed by atoms with Crippen molar-refractivity contribution >= 4 is 11.9 Å². The highest BCUT2D eigenvalue weighted by Crippen LogP contribution is 2.47. The van der Waals surface area contributed by atoms with Gasteiger partial charge in [0.05, 0.1) is 18.0 Å². The number of carboxylic acid groups (broad SMARTS) is 1. The summed E-state index contributed by atoms with van der Waals surface area (Å²) in [7, 11) is 0. The summed E-state index contributed by atoms with van der Waals surface area (Å²) in [4.78, 5) is 27.4. The van der Waals surface area contributed by atoms with E-state index in [1.807, 2.05) is 0 Å². The average molecular weight is 419 g/mol. The van der Waals surface area contributed by atoms with Gasteiger partial charge in [-0.3, -0.25) is 4.79 Å². The van der Waals surface area contributed by atoms with Crippen molar-refractivity contribution < 1.29 is 19.4 Å². The number of carboxylic acids is 1. The van der Waals surface area contributed by atoms with Gasteiger partial charge in [0, 0.05) is 36.4 Å². The van der Waals surface area contributed by atoms with E-state index in [1.165, 1.54) is 18.7 Å². The lowest BCUT2D eigenvalue weighted by Gasteiger charge is -2.07. The Bertz CT molecular complexity index is 1110. The molecular formula is C22H21N5O4. The molecule has 1 saturated carbocycles. The Morgan fingerprint density at radius 2 is 2.06 bits per heavy atom. The van der Waals surface area contributed by atoms with Gasteiger partial charge in [-0.15, -0.1) is 5.10 Å². The van der Waals surface area contributed by atoms with Crippen LogP contribution in [0.5, 0.6) is 0 Å². The minimum atomic E-state index is -1.10. The number of ether oxygens (including phenoxy) is 1. The van der Waals surface area contributed by atoms with Gasteiger partial charge in [0.25, 0.3) is 5.91 Å². The maximum atomic E-state index is 12.5. The normalized spacial score (nSPS) is 21.9. The first-order valence-electron chi connectivity index (χ1n) is 10.2. The summed E-state index contributed by atoms with van der Waals surface area (Å²) in [6.07, 6.45) is 5.75. The molecule has 0 unspecified atom stereocenters. The SMILES string of the molecule is O=C(NC[C@@H]1[C@H]2CCCO[C@H]21)c1ccc(-n2cc(-c3ccnc(C(=O)O)c3)nn2)cc1. The topological polar surface area (TPSA) is 119 Å². The Morgan fingerprint density at radius 3 is 2.81 bits per heavy atom. The van der Waals surface area contributed by atoms with E-state index in [1.54, 1.807) is 41.2 Å². The van der Waals surface area contributed by atoms with Gasteiger partial charge >= 0.3 is 5.97 Å². The molecule has 1 amide bonds. The number of pyridine rings is 1. The first-order chi connectivity index (χ1) is 15.1. The molecule has 9 heteroatoms. The summed E-state index contributed by atoms with van der Waals surface area (Å²) in [5.74, 6) is -0.164. The molecule has 0 bridgehead atoms. The van der Waals surface area contributed by atoms with Gasteiger partial charge in [-0.25, -0.2) is 14.5 Å². The fourth-order valence-electron chi connectivity index (χ4n) is 4.15. The molecule has 2 aliphatic rings. The minimum Gasteiger partial charge on any atom is -0.477 e. The molecule has 0 radical (unpaired) electrons. The molecule has 1 aliphatic carbocycles. The summed E-state index contributed by atoms with van der Waals surface area (Å²) < 4.78 is 7.29. The molecule has 3 aromatic rings. The van der Waals surface area contributed by atoms with Gasteiger partial charge in [0.15, 0.2) is 0 Å². The molecule has 3 heterocycles. The molecule has 1 saturated heterocycles. The molecule has 1 aromatic carbocycles. The second-order valence-corrected chi connectivity index (χ2v) is 7.85. The maximum absolute atomic E-state index is 12.5. The lowest BCUT2D eigenvalue weighted by atomic mass is 10.1. The molecule has 2 aromatic heterocycles. The Morgan fingerprint density at radius 1 is 1.23 bits per heavy atom. The van der Waals surface area contributed by atoms with Crippen LogP contribution in [0.3, 0.4) is 0 Å². The zero-order valence-electron chi connectivity index (χ0n) is 16.6. The quantitative estimate of drug-likeness (QED) is 0.628. The van der Waals surface area contributed by atoms with Crippen molar-refractivity contribution in [3.8, 4) is 16.9 Å². The highest BCUT2D eigenvalue weighted by Gasteiger charge is 2.52. The number of nitrogens with zero attached hydrogens (tertiary/aromatic N) is 4. The molecule has 2 fully saturated rings. The number of aromatic carboxylic acids is 1. The average Bonchev–Trinajstić information content (AvgIpc) is 3.28. The van der Waals surface area contributed by atoms with Crippen LogP contribution >= 0.6 is 0 Å². The predicted molar refractivity (Wildman–Crippen MR) is 110 cm³/mol. The van der Waals surface area contributed by atoms with Crippen LogP contribution in [0.15, 0.2) is 48.8 Å². The monoisotopic (exact) mass is 419 g/mol. The maximum Gasteiger partial charge on any atom is 0.354 e. The number of carbonyl (C=O) groups is 2. The van der Waals surface area contributed by atoms with Gasteiger partial charge < -0.3 is 15.2 Å². The van der Waals surface area contributed by atoms with Crippen LogP contribution in [-0.2, 0) is 4.74 Å². The fraction of sp³-hybridized carbons (Fsp3) is 0.318. The third-order valence-corrected chi connectivity index (χ3v) is 5.91. The Hall–Kier alpha value is -3.59. The van der Waals surface area contributed by atoms with Crippen LogP contribution in [0.25, 0.3) is 16.9 Å². The van der Waals surface area contributed by atoms with Gasteiger partial charge in [-0.1, -0.05) is 5.21 Å². The summed E-state index contributed by atoms with van der Waals surface area (Å²) in [5.41, 5.74) is 2.40. The van der Waals surface area contributed by atoms with Crippen molar-refractivity contribution in [1.82, 2.24) is 25.3 Å². The van der Waals surface area contributed by atoms with Gasteiger partial charge in [0.2, 0.25) is 0 Å². The Balaban J connectivity index is 1.23. The zero-order valence-corrected chi connectivity index (χ0v) is 16.6. The van der Waals surface area contributed by atoms with E-state index in [4.69, 9.17) is 9.84 Å². The first kappa shape index (κ1) is 19.4. The fourth-order valence-corrected chi connectivity index (χ4v) is 4.15. The van der Waals surface area contributed by atoms with Crippen molar-refractivity contribution in [1.29, 1.82) is 0 Å². The number of aromatic nitrogens is 4. The van der Waals surface area contributed by atoms with Crippen LogP contribution in [0.1, 0.15) is 33.7 Å². The van der Waals surface area contributed by atoms with E-state index in [0.29, 0.717) is 41.3 Å². The van der Waals surface area contributed by atoms with Gasteiger partial charge in [0.1, 0.15) is 11.4 Å². The number of amides is 1. The van der Waals surface area contributed by atoms with Crippen molar-refractivity contribution in [2.24, 2.45) is 11.8 Å². The number of nitrogens with one attached hydrogen (secondary N) is 1. The van der Waals surface area contributed by atoms with Crippen LogP contribution in [0, 0.1) is 11.8 Å². The Kier molecular flexibility index (Phi) is 4.95. The third-order valence-electron chi connectivity index (χ3n) is 5.91. The predicted octanol–water partition coefficient (Wildman–Crippen LogP) is 2.18. The van der Waals surface area contributed by atoms with Crippen molar-refractivity contribution in [3.63, 3.8) is 0 Å². The molecular weight excluding hydrogens is 398 g/mol. The lowest BCUT2D eigenvalue weighted by molar-refractivity contribution is 0.0690. The van der Waals surface area contributed by atoms with Crippen LogP contribution in [0.2, 0.25) is 0 Å². The number of hydrogen-bond donors (Lipinski definition) is 2. The molecule has 9 nitrogen and oxygen atoms in total. The molecule has 0 spiro atoms.